The van der Waals surface area contributed by atoms with Crippen molar-refractivity contribution in [3.8, 4) is 45.0 Å². The van der Waals surface area contributed by atoms with Crippen LogP contribution in [0.5, 0.6) is 0 Å². The maximum atomic E-state index is 9.68. The Bertz CT molecular complexity index is 5350. The summed E-state index contributed by atoms with van der Waals surface area (Å²) >= 11 is 0. The fourth-order valence-corrected chi connectivity index (χ4v) is 16.8. The van der Waals surface area contributed by atoms with Gasteiger partial charge in [0.2, 0.25) is 0 Å². The predicted molar refractivity (Wildman–Crippen MR) is 554 cm³/mol. The van der Waals surface area contributed by atoms with Gasteiger partial charge in [0.25, 0.3) is 0 Å². The molecule has 16 heteroatoms. The molecule has 8 aromatic carbocycles. The van der Waals surface area contributed by atoms with E-state index in [9.17, 15) is 30.6 Å². The van der Waals surface area contributed by atoms with E-state index in [1.807, 2.05) is 107 Å². The van der Waals surface area contributed by atoms with Crippen LogP contribution < -0.4 is 0 Å². The molecular weight excluding hydrogens is 2390 g/mol. The third kappa shape index (κ3) is 35.3. The normalized spacial score (nSPS) is 13.9. The minimum absolute atomic E-state index is 0. The summed E-state index contributed by atoms with van der Waals surface area (Å²) in [7, 11) is 0. The Kier molecular flexibility index (Phi) is 48.7. The molecule has 4 heterocycles. The summed E-state index contributed by atoms with van der Waals surface area (Å²) in [6.07, 6.45) is 18.3. The first-order valence-electron chi connectivity index (χ1n) is 48.4. The molecule has 4 aliphatic carbocycles. The number of aliphatic hydroxyl groups excluding tert-OH is 8. The van der Waals surface area contributed by atoms with Crippen LogP contribution in [-0.2, 0) is 157 Å². The van der Waals surface area contributed by atoms with Gasteiger partial charge in [0.05, 0.1) is 69.5 Å². The van der Waals surface area contributed by atoms with Gasteiger partial charge in [-0.05, 0) is 212 Å². The van der Waals surface area contributed by atoms with Crippen molar-refractivity contribution in [3.63, 3.8) is 0 Å². The second kappa shape index (κ2) is 55.8. The van der Waals surface area contributed by atoms with Gasteiger partial charge in [0, 0.05) is 120 Å². The molecule has 16 rings (SSSR count). The maximum absolute atomic E-state index is 9.68. The molecule has 0 saturated carbocycles. The van der Waals surface area contributed by atoms with E-state index in [4.69, 9.17) is 30.1 Å². The van der Waals surface area contributed by atoms with Crippen molar-refractivity contribution in [3.05, 3.63) is 308 Å². The van der Waals surface area contributed by atoms with Crippen molar-refractivity contribution in [2.75, 3.05) is 0 Å². The van der Waals surface area contributed by atoms with Gasteiger partial charge in [-0.1, -0.05) is 273 Å². The van der Waals surface area contributed by atoms with E-state index in [1.165, 1.54) is 136 Å². The Morgan fingerprint density at radius 3 is 0.860 bits per heavy atom. The Labute approximate surface area is 869 Å². The number of aromatic nitrogens is 4. The van der Waals surface area contributed by atoms with Crippen LogP contribution in [0, 0.1) is 82.4 Å². The van der Waals surface area contributed by atoms with Crippen LogP contribution in [0.25, 0.3) is 88.6 Å². The average Bonchev–Trinajstić information content (AvgIpc) is 0.777. The molecule has 12 nitrogen and oxygen atoms in total. The van der Waals surface area contributed by atoms with Gasteiger partial charge in [0.1, 0.15) is 0 Å². The number of nitrogens with zero attached hydrogens (tertiary/aromatic N) is 4. The molecule has 12 aromatic rings. The van der Waals surface area contributed by atoms with Crippen molar-refractivity contribution >= 4 is 43.6 Å². The number of hydrogen-bond donors (Lipinski definition) is 8. The topological polar surface area (TPSA) is 213 Å². The molecule has 0 bridgehead atoms. The molecule has 4 aromatic heterocycles. The summed E-state index contributed by atoms with van der Waals surface area (Å²) in [5.74, 6) is 4.79. The number of allylic oxidation sites excluding steroid dienone is 4. The smallest absolute Gasteiger partial charge is 0.0961 e. The minimum Gasteiger partial charge on any atom is -0.513 e. The van der Waals surface area contributed by atoms with E-state index in [0.29, 0.717) is 54.1 Å². The van der Waals surface area contributed by atoms with E-state index < -0.39 is 24.4 Å². The van der Waals surface area contributed by atoms with E-state index in [0.717, 1.165) is 122 Å². The summed E-state index contributed by atoms with van der Waals surface area (Å²) in [5.41, 5.74) is 29.9. The molecule has 0 fully saturated rings. The van der Waals surface area contributed by atoms with Gasteiger partial charge in [-0.25, -0.2) is 0 Å². The third-order valence-electron chi connectivity index (χ3n) is 23.8. The fourth-order valence-electron chi connectivity index (χ4n) is 16.8. The van der Waals surface area contributed by atoms with E-state index >= 15 is 0 Å². The minimum atomic E-state index is -0.605. The van der Waals surface area contributed by atoms with Crippen LogP contribution in [0.4, 0.5) is 0 Å². The molecule has 0 saturated heterocycles. The van der Waals surface area contributed by atoms with Crippen LogP contribution in [0.1, 0.15) is 246 Å². The van der Waals surface area contributed by atoms with Crippen LogP contribution in [0.15, 0.2) is 217 Å². The zero-order chi connectivity index (χ0) is 96.6. The summed E-state index contributed by atoms with van der Waals surface area (Å²) in [5, 5.41) is 79.0. The molecule has 4 radical (unpaired) electrons. The van der Waals surface area contributed by atoms with Crippen molar-refractivity contribution in [1.29, 1.82) is 0 Å². The largest absolute Gasteiger partial charge is 0.513 e. The van der Waals surface area contributed by atoms with Gasteiger partial charge in [0.15, 0.2) is 0 Å². The molecule has 4 atom stereocenters. The number of aliphatic hydroxyl groups is 8. The monoisotopic (exact) mass is 2550 g/mol. The van der Waals surface area contributed by atoms with Gasteiger partial charge < -0.3 is 40.9 Å². The second-order valence-corrected chi connectivity index (χ2v) is 41.7. The van der Waals surface area contributed by atoms with Gasteiger partial charge in [-0.15, -0.1) is 142 Å². The number of benzene rings is 8. The number of pyridine rings is 4. The van der Waals surface area contributed by atoms with Crippen LogP contribution in [-0.4, -0.2) is 85.2 Å². The number of rotatable bonds is 18. The predicted octanol–water partition coefficient (Wildman–Crippen LogP) is 28.7. The molecule has 8 N–H and O–H groups in total. The SMILES string of the molecule is CC(C)(C)C(O)=CC(O)C(C)(C)C.CC(C)C(O)=CC(O)C(C)C.CC(C)CC(O)=CC(O)CC(C)C.CC(C)Cc1cccc2nc3c(cc12)CCc1ccc[c-]c1-3.CC(C)Cc1cccc2nc3c(cc12)CCc1ccc[c-]c1-3.CC(C)Cc1cccc2nc3c(cc12)CCc1ccc[c-]c1-3.CC(C)Cc1cccc2nc3c(cc12)CCc1ccc[c-]c1-3.CC(O)=CC(C)O.[Ir].[Ir].[Ir].[Ir]. The van der Waals surface area contributed by atoms with E-state index in [1.54, 1.807) is 13.0 Å². The Hall–Kier alpha value is -8.00. The summed E-state index contributed by atoms with van der Waals surface area (Å²) < 4.78 is 0. The third-order valence-corrected chi connectivity index (χ3v) is 23.8. The van der Waals surface area contributed by atoms with Crippen LogP contribution >= 0.6 is 0 Å². The second-order valence-electron chi connectivity index (χ2n) is 41.7. The van der Waals surface area contributed by atoms with Crippen molar-refractivity contribution < 1.29 is 121 Å². The zero-order valence-electron chi connectivity index (χ0n) is 85.0. The van der Waals surface area contributed by atoms with Crippen molar-refractivity contribution in [1.82, 2.24) is 19.9 Å². The van der Waals surface area contributed by atoms with Crippen LogP contribution in [0.3, 0.4) is 0 Å². The van der Waals surface area contributed by atoms with Crippen LogP contribution in [0.2, 0.25) is 0 Å². The Morgan fingerprint density at radius 2 is 0.640 bits per heavy atom. The number of fused-ring (bicyclic) bond motifs is 16. The molecule has 0 amide bonds. The van der Waals surface area contributed by atoms with Crippen molar-refractivity contribution in [2.24, 2.45) is 58.2 Å². The maximum Gasteiger partial charge on any atom is 0.0961 e. The molecule has 4 unspecified atom stereocenters. The zero-order valence-corrected chi connectivity index (χ0v) is 94.6. The average molecular weight is 2550 g/mol. The number of aryl methyl sites for hydroxylation is 8. The quantitative estimate of drug-likeness (QED) is 0.0298. The first kappa shape index (κ1) is 118. The van der Waals surface area contributed by atoms with E-state index in [-0.39, 0.29) is 120 Å². The molecular formula is C120H152Ir4N4O8-4. The molecule has 136 heavy (non-hydrogen) atoms. The Morgan fingerprint density at radius 1 is 0.353 bits per heavy atom. The number of hydrogen-bond acceptors (Lipinski definition) is 12. The molecule has 0 aliphatic heterocycles. The fraction of sp³-hybridized carbons (Fsp3) is 0.433. The molecule has 4 aliphatic rings. The van der Waals surface area contributed by atoms with Crippen molar-refractivity contribution in [2.45, 2.75) is 280 Å². The van der Waals surface area contributed by atoms with Gasteiger partial charge in [-0.3, -0.25) is 19.9 Å². The summed E-state index contributed by atoms with van der Waals surface area (Å²) in [6, 6.07) is 74.3. The van der Waals surface area contributed by atoms with E-state index in [2.05, 4.69) is 239 Å². The van der Waals surface area contributed by atoms with Gasteiger partial charge in [-0.2, -0.15) is 0 Å². The first-order chi connectivity index (χ1) is 62.4. The Balaban J connectivity index is 0.000000280. The first-order valence-corrected chi connectivity index (χ1v) is 48.4. The molecule has 0 spiro atoms. The van der Waals surface area contributed by atoms with Gasteiger partial charge >= 0.3 is 0 Å². The standard InChI is InChI=1S/4C21H20N.2C11H22O2.C9H18O2.C5H10O2.4Ir/c4*1-14(2)12-16-7-5-9-20-19(16)13-17-11-10-15-6-3-4-8-18(15)21(17)22-20;1-10(2,3)8(12)7-9(13)11(4,5)6;1-8(2)5-10(12)7-11(13)6-9(3)4;1-6(2)8(10)5-9(11)7(3)4;1-4(6)3-5(2)7;;;;/h4*3-7,9,13-14H,10-12H2,1-2H3;7-8,12-13H,1-6H3;7-10,12-13H,5-6H2,1-4H3;5-8,10-11H,1-4H3;3-4,6-7H,1-2H3;;;;/q4*-1;;;;;;;;. The summed E-state index contributed by atoms with van der Waals surface area (Å²) in [6.45, 7) is 48.6. The molecule has 740 valence electrons. The summed E-state index contributed by atoms with van der Waals surface area (Å²) in [4.78, 5) is 20.0.